The van der Waals surface area contributed by atoms with Crippen molar-refractivity contribution in [3.63, 3.8) is 0 Å². The first-order valence-corrected chi connectivity index (χ1v) is 19.0. The van der Waals surface area contributed by atoms with E-state index in [9.17, 15) is 0 Å². The number of hydrogen-bond donors (Lipinski definition) is 0. The van der Waals surface area contributed by atoms with E-state index in [2.05, 4.69) is 194 Å². The van der Waals surface area contributed by atoms with Crippen molar-refractivity contribution in [2.24, 2.45) is 0 Å². The Morgan fingerprint density at radius 3 is 1.40 bits per heavy atom. The molecule has 0 aliphatic carbocycles. The van der Waals surface area contributed by atoms with Crippen molar-refractivity contribution in [1.29, 1.82) is 0 Å². The van der Waals surface area contributed by atoms with Crippen molar-refractivity contribution in [2.45, 2.75) is 5.11 Å². The highest BCUT2D eigenvalue weighted by atomic mass is 15.1. The molecule has 53 heavy (non-hydrogen) atoms. The van der Waals surface area contributed by atoms with Crippen molar-refractivity contribution in [2.75, 3.05) is 0 Å². The zero-order valence-electron chi connectivity index (χ0n) is 33.2. The largest absolute Gasteiger partial charge is 0.297 e. The molecule has 0 saturated carbocycles. The maximum absolute atomic E-state index is 5.28. The second-order valence-corrected chi connectivity index (χ2v) is 16.2. The lowest BCUT2D eigenvalue weighted by molar-refractivity contribution is 0.931. The molecule has 0 unspecified atom stereocenters. The third-order valence-electron chi connectivity index (χ3n) is 12.3. The predicted molar refractivity (Wildman–Crippen MR) is 265 cm³/mol. The van der Waals surface area contributed by atoms with Crippen molar-refractivity contribution in [1.82, 2.24) is 9.55 Å². The van der Waals surface area contributed by atoms with Crippen LogP contribution in [0.4, 0.5) is 0 Å². The fraction of sp³-hybridized carbons (Fsp3) is 0.0250. The molecule has 0 spiro atoms. The molecule has 0 saturated heterocycles. The molecule has 8 rings (SSSR count). The molecule has 242 valence electrons. The molecule has 8 aromatic rings. The first-order valence-electron chi connectivity index (χ1n) is 19.0. The van der Waals surface area contributed by atoms with Crippen LogP contribution < -0.4 is 43.7 Å². The van der Waals surface area contributed by atoms with Gasteiger partial charge < -0.3 is 0 Å². The molecule has 0 radical (unpaired) electrons. The van der Waals surface area contributed by atoms with Gasteiger partial charge in [-0.3, -0.25) is 4.57 Å². The lowest BCUT2D eigenvalue weighted by atomic mass is 9.42. The van der Waals surface area contributed by atoms with Gasteiger partial charge >= 0.3 is 0 Å². The van der Waals surface area contributed by atoms with E-state index >= 15 is 0 Å². The topological polar surface area (TPSA) is 17.8 Å². The van der Waals surface area contributed by atoms with Crippen molar-refractivity contribution in [3.05, 3.63) is 109 Å². The first kappa shape index (κ1) is 35.3. The van der Waals surface area contributed by atoms with Crippen molar-refractivity contribution >= 4 is 163 Å². The van der Waals surface area contributed by atoms with Gasteiger partial charge in [-0.15, -0.1) is 21.9 Å². The molecule has 2 nitrogen and oxygen atoms in total. The molecule has 0 aliphatic heterocycles. The Labute approximate surface area is 323 Å². The summed E-state index contributed by atoms with van der Waals surface area (Å²) in [5.41, 5.74) is 21.8. The van der Waals surface area contributed by atoms with Crippen LogP contribution in [0, 0.1) is 0 Å². The second kappa shape index (κ2) is 13.0. The molecule has 7 aromatic carbocycles. The minimum Gasteiger partial charge on any atom is -0.297 e. The van der Waals surface area contributed by atoms with E-state index in [0.29, 0.717) is 0 Å². The third-order valence-corrected chi connectivity index (χ3v) is 12.3. The molecular formula is C40H39B11N2. The minimum absolute atomic E-state index is 0.174. The molecule has 0 N–H and O–H groups in total. The fourth-order valence-electron chi connectivity index (χ4n) is 8.80. The molecule has 1 heterocycles. The summed E-state index contributed by atoms with van der Waals surface area (Å²) in [6, 6.07) is 37.7. The quantitative estimate of drug-likeness (QED) is 0.132. The van der Waals surface area contributed by atoms with Crippen LogP contribution in [0.2, 0.25) is 0 Å². The number of aromatic nitrogens is 2. The molecule has 1 aromatic heterocycles. The maximum Gasteiger partial charge on any atom is 0.139 e. The van der Waals surface area contributed by atoms with Gasteiger partial charge in [0.25, 0.3) is 0 Å². The lowest BCUT2D eigenvalue weighted by Gasteiger charge is -2.29. The molecule has 13 heteroatoms. The Morgan fingerprint density at radius 1 is 0.415 bits per heavy atom. The average Bonchev–Trinajstić information content (AvgIpc) is 3.57. The van der Waals surface area contributed by atoms with Crippen LogP contribution in [0.5, 0.6) is 0 Å². The number of nitrogens with zero attached hydrogens (tertiary/aromatic N) is 2. The van der Waals surface area contributed by atoms with E-state index in [4.69, 9.17) is 4.98 Å². The molecule has 0 atom stereocenters. The highest BCUT2D eigenvalue weighted by molar-refractivity contribution is 6.71. The van der Waals surface area contributed by atoms with Crippen LogP contribution in [0.15, 0.2) is 103 Å². The molecule has 0 aliphatic rings. The van der Waals surface area contributed by atoms with E-state index in [1.807, 2.05) is 0 Å². The zero-order valence-corrected chi connectivity index (χ0v) is 33.2. The monoisotopic (exact) mass is 668 g/mol. The van der Waals surface area contributed by atoms with Gasteiger partial charge in [0.15, 0.2) is 0 Å². The maximum atomic E-state index is 5.28. The number of hydrogen-bond acceptors (Lipinski definition) is 1. The van der Waals surface area contributed by atoms with Crippen LogP contribution in [-0.2, 0) is 5.11 Å². The van der Waals surface area contributed by atoms with E-state index < -0.39 is 0 Å². The predicted octanol–water partition coefficient (Wildman–Crippen LogP) is -6.59. The summed E-state index contributed by atoms with van der Waals surface area (Å²) in [5, 5.41) is 5.23. The van der Waals surface area contributed by atoms with Crippen LogP contribution in [0.1, 0.15) is 5.82 Å². The van der Waals surface area contributed by atoms with Crippen LogP contribution in [-0.4, -0.2) is 95.9 Å². The van der Waals surface area contributed by atoms with Gasteiger partial charge in [0.1, 0.15) is 62.8 Å². The number of fused-ring (bicyclic) bond motifs is 3. The number of benzene rings is 7. The van der Waals surface area contributed by atoms with E-state index in [1.165, 1.54) is 104 Å². The van der Waals surface area contributed by atoms with E-state index in [-0.39, 0.29) is 5.11 Å². The summed E-state index contributed by atoms with van der Waals surface area (Å²) >= 11 is 0. The van der Waals surface area contributed by atoms with E-state index in [0.717, 1.165) is 16.9 Å². The third kappa shape index (κ3) is 5.45. The standard InChI is InChI=1S/C40H39B11N2/c41-31-27-25(20-16-14-19(15-17-20)18-8-2-1-3-9-18)28-30(34(44)38(48)36(46)32(28)42)26(29(27)33(43)37(47)35(31)45)21-10-4-6-12-23(21)53-24-13-7-5-11-22(24)52-39(53)40(49,50)51/h1-17H,41-51H2. The Bertz CT molecular complexity index is 2710. The Kier molecular flexibility index (Phi) is 8.64. The number of imidazole rings is 1. The average molecular weight is 667 g/mol. The summed E-state index contributed by atoms with van der Waals surface area (Å²) in [7, 11) is 25.4. The van der Waals surface area contributed by atoms with Crippen molar-refractivity contribution in [3.8, 4) is 39.1 Å². The summed E-state index contributed by atoms with van der Waals surface area (Å²) in [6.45, 7) is 0. The van der Waals surface area contributed by atoms with Gasteiger partial charge in [-0.05, 0) is 67.6 Å². The lowest BCUT2D eigenvalue weighted by Crippen LogP contribution is -2.50. The molecule has 0 fully saturated rings. The Balaban J connectivity index is 1.60. The summed E-state index contributed by atoms with van der Waals surface area (Å²) in [6.07, 6.45) is 0. The van der Waals surface area contributed by atoms with E-state index in [1.54, 1.807) is 0 Å². The smallest absolute Gasteiger partial charge is 0.139 e. The summed E-state index contributed by atoms with van der Waals surface area (Å²) < 4.78 is 2.44. The zero-order chi connectivity index (χ0) is 37.5. The normalized spacial score (nSPS) is 11.8. The number of para-hydroxylation sites is 3. The van der Waals surface area contributed by atoms with Gasteiger partial charge in [0.2, 0.25) is 0 Å². The summed E-state index contributed by atoms with van der Waals surface area (Å²) in [4.78, 5) is 5.28. The fourth-order valence-corrected chi connectivity index (χ4v) is 8.80. The molecular weight excluding hydrogens is 627 g/mol. The Morgan fingerprint density at radius 2 is 0.849 bits per heavy atom. The highest BCUT2D eigenvalue weighted by Gasteiger charge is 2.29. The van der Waals surface area contributed by atoms with Gasteiger partial charge in [-0.2, -0.15) is 0 Å². The van der Waals surface area contributed by atoms with Gasteiger partial charge in [0, 0.05) is 5.56 Å². The molecule has 0 bridgehead atoms. The van der Waals surface area contributed by atoms with Gasteiger partial charge in [-0.1, -0.05) is 112 Å². The Hall–Kier alpha value is -4.76. The SMILES string of the molecule is Bc1c(B)c(B)c2c(-c3ccccc3-n3c(C(B)(B)B)nc4ccccc43)c3c(B)c(B)c(B)c(B)c3c(-c3ccc(-c4ccccc4)cc3)c2c1B. The molecule has 0 amide bonds. The summed E-state index contributed by atoms with van der Waals surface area (Å²) in [5.74, 6) is 1.06. The van der Waals surface area contributed by atoms with Crippen LogP contribution in [0.25, 0.3) is 71.6 Å². The van der Waals surface area contributed by atoms with Gasteiger partial charge in [0.05, 0.1) is 46.1 Å². The first-order chi connectivity index (χ1) is 25.3. The van der Waals surface area contributed by atoms with Crippen molar-refractivity contribution < 1.29 is 0 Å². The minimum atomic E-state index is -0.174. The van der Waals surface area contributed by atoms with Crippen LogP contribution in [0.3, 0.4) is 0 Å². The van der Waals surface area contributed by atoms with Gasteiger partial charge in [-0.25, -0.2) is 4.98 Å². The second-order valence-electron chi connectivity index (χ2n) is 16.2. The highest BCUT2D eigenvalue weighted by Crippen LogP contribution is 2.43. The number of rotatable bonds is 5. The van der Waals surface area contributed by atoms with Crippen LogP contribution >= 0.6 is 0 Å².